The number of furan rings is 1. The van der Waals surface area contributed by atoms with Crippen LogP contribution in [0.5, 0.6) is 11.5 Å². The molecular formula is C21H24N2O5. The first-order valence-corrected chi connectivity index (χ1v) is 9.63. The van der Waals surface area contributed by atoms with E-state index < -0.39 is 17.7 Å². The third kappa shape index (κ3) is 3.56. The van der Waals surface area contributed by atoms with Gasteiger partial charge in [-0.25, -0.2) is 0 Å². The predicted molar refractivity (Wildman–Crippen MR) is 102 cm³/mol. The average Bonchev–Trinajstić information content (AvgIpc) is 3.40. The van der Waals surface area contributed by atoms with Crippen molar-refractivity contribution in [3.8, 4) is 11.5 Å². The summed E-state index contributed by atoms with van der Waals surface area (Å²) >= 11 is 0. The van der Waals surface area contributed by atoms with Crippen LogP contribution in [0.25, 0.3) is 0 Å². The van der Waals surface area contributed by atoms with E-state index in [1.807, 2.05) is 19.9 Å². The van der Waals surface area contributed by atoms with E-state index in [2.05, 4.69) is 10.6 Å². The molecule has 1 fully saturated rings. The molecule has 0 bridgehead atoms. The fraction of sp³-hybridized carbons (Fsp3) is 0.429. The van der Waals surface area contributed by atoms with Crippen LogP contribution in [0.15, 0.2) is 41.0 Å². The maximum atomic E-state index is 12.8. The van der Waals surface area contributed by atoms with Gasteiger partial charge in [0.25, 0.3) is 11.7 Å². The largest absolute Gasteiger partial charge is 0.459 e. The van der Waals surface area contributed by atoms with Crippen LogP contribution in [-0.4, -0.2) is 23.6 Å². The van der Waals surface area contributed by atoms with Gasteiger partial charge in [0.2, 0.25) is 5.91 Å². The molecule has 2 heterocycles. The molecule has 148 valence electrons. The third-order valence-corrected chi connectivity index (χ3v) is 5.15. The van der Waals surface area contributed by atoms with E-state index in [1.54, 1.807) is 24.3 Å². The Labute approximate surface area is 163 Å². The molecule has 1 aromatic carbocycles. The summed E-state index contributed by atoms with van der Waals surface area (Å²) in [6, 6.07) is 7.84. The molecular weight excluding hydrogens is 360 g/mol. The molecule has 2 aromatic rings. The standard InChI is InChI=1S/C21H24N2O5/c1-13(2)18(23-19(24)16-6-5-11-26-16)20(25)22-14-7-8-15-17(12-14)28-21(27-15)9-3-4-10-21/h5-8,11-13,18H,3-4,9-10H2,1-2H3,(H,22,25)(H,23,24)/t18-/m1/s1. The van der Waals surface area contributed by atoms with Crippen molar-refractivity contribution in [2.45, 2.75) is 51.4 Å². The third-order valence-electron chi connectivity index (χ3n) is 5.15. The molecule has 28 heavy (non-hydrogen) atoms. The van der Waals surface area contributed by atoms with E-state index in [9.17, 15) is 9.59 Å². The summed E-state index contributed by atoms with van der Waals surface area (Å²) in [6.45, 7) is 3.74. The first-order chi connectivity index (χ1) is 13.5. The van der Waals surface area contributed by atoms with Gasteiger partial charge in [0.05, 0.1) is 6.26 Å². The molecule has 1 aliphatic carbocycles. The van der Waals surface area contributed by atoms with Crippen LogP contribution in [0.2, 0.25) is 0 Å². The number of fused-ring (bicyclic) bond motifs is 1. The van der Waals surface area contributed by atoms with Crippen LogP contribution in [0.4, 0.5) is 5.69 Å². The number of nitrogens with one attached hydrogen (secondary N) is 2. The van der Waals surface area contributed by atoms with E-state index in [4.69, 9.17) is 13.9 Å². The second-order valence-electron chi connectivity index (χ2n) is 7.65. The van der Waals surface area contributed by atoms with Crippen molar-refractivity contribution < 1.29 is 23.5 Å². The van der Waals surface area contributed by atoms with Gasteiger partial charge >= 0.3 is 0 Å². The number of amides is 2. The number of hydrogen-bond donors (Lipinski definition) is 2. The first-order valence-electron chi connectivity index (χ1n) is 9.63. The van der Waals surface area contributed by atoms with Crippen molar-refractivity contribution in [1.82, 2.24) is 5.32 Å². The number of carbonyl (C=O) groups is 2. The van der Waals surface area contributed by atoms with E-state index in [-0.39, 0.29) is 17.6 Å². The van der Waals surface area contributed by atoms with Crippen molar-refractivity contribution >= 4 is 17.5 Å². The van der Waals surface area contributed by atoms with Crippen molar-refractivity contribution in [1.29, 1.82) is 0 Å². The van der Waals surface area contributed by atoms with Gasteiger partial charge in [0, 0.05) is 24.6 Å². The van der Waals surface area contributed by atoms with Gasteiger partial charge in [0.1, 0.15) is 6.04 Å². The van der Waals surface area contributed by atoms with Crippen molar-refractivity contribution in [2.24, 2.45) is 5.92 Å². The monoisotopic (exact) mass is 384 g/mol. The van der Waals surface area contributed by atoms with E-state index in [1.165, 1.54) is 6.26 Å². The van der Waals surface area contributed by atoms with Crippen molar-refractivity contribution in [3.05, 3.63) is 42.4 Å². The number of ether oxygens (including phenoxy) is 2. The lowest BCUT2D eigenvalue weighted by molar-refractivity contribution is -0.118. The summed E-state index contributed by atoms with van der Waals surface area (Å²) in [5.41, 5.74) is 0.597. The highest BCUT2D eigenvalue weighted by Gasteiger charge is 2.44. The second-order valence-corrected chi connectivity index (χ2v) is 7.65. The smallest absolute Gasteiger partial charge is 0.287 e. The van der Waals surface area contributed by atoms with Crippen LogP contribution in [0.3, 0.4) is 0 Å². The SMILES string of the molecule is CC(C)[C@@H](NC(=O)c1ccco1)C(=O)Nc1ccc2c(c1)OC1(CCCC1)O2. The Hall–Kier alpha value is -2.96. The fourth-order valence-electron chi connectivity index (χ4n) is 3.66. The zero-order valence-electron chi connectivity index (χ0n) is 16.0. The molecule has 0 radical (unpaired) electrons. The number of benzene rings is 1. The molecule has 0 saturated heterocycles. The summed E-state index contributed by atoms with van der Waals surface area (Å²) in [4.78, 5) is 25.0. The van der Waals surface area contributed by atoms with Crippen molar-refractivity contribution in [3.63, 3.8) is 0 Å². The zero-order chi connectivity index (χ0) is 19.7. The Morgan fingerprint density at radius 1 is 1.07 bits per heavy atom. The summed E-state index contributed by atoms with van der Waals surface area (Å²) in [6.07, 6.45) is 5.34. The minimum Gasteiger partial charge on any atom is -0.459 e. The van der Waals surface area contributed by atoms with Gasteiger partial charge in [-0.1, -0.05) is 13.8 Å². The normalized spacial score (nSPS) is 17.7. The maximum Gasteiger partial charge on any atom is 0.287 e. The highest BCUT2D eigenvalue weighted by Crippen LogP contribution is 2.47. The van der Waals surface area contributed by atoms with Crippen LogP contribution < -0.4 is 20.1 Å². The van der Waals surface area contributed by atoms with Crippen LogP contribution in [-0.2, 0) is 4.79 Å². The number of carbonyl (C=O) groups excluding carboxylic acids is 2. The summed E-state index contributed by atoms with van der Waals surface area (Å²) in [5.74, 6) is 0.143. The Morgan fingerprint density at radius 3 is 2.50 bits per heavy atom. The lowest BCUT2D eigenvalue weighted by atomic mass is 10.0. The number of rotatable bonds is 5. The van der Waals surface area contributed by atoms with Gasteiger partial charge in [-0.3, -0.25) is 9.59 Å². The molecule has 2 amide bonds. The van der Waals surface area contributed by atoms with Gasteiger partial charge in [-0.2, -0.15) is 0 Å². The van der Waals surface area contributed by atoms with Gasteiger partial charge in [-0.05, 0) is 43.0 Å². The van der Waals surface area contributed by atoms with Gasteiger partial charge < -0.3 is 24.5 Å². The predicted octanol–water partition coefficient (Wildman–Crippen LogP) is 3.71. The minimum atomic E-state index is -0.704. The highest BCUT2D eigenvalue weighted by atomic mass is 16.7. The lowest BCUT2D eigenvalue weighted by Crippen LogP contribution is -2.47. The summed E-state index contributed by atoms with van der Waals surface area (Å²) < 4.78 is 17.1. The van der Waals surface area contributed by atoms with Gasteiger partial charge in [-0.15, -0.1) is 0 Å². The van der Waals surface area contributed by atoms with Crippen LogP contribution in [0.1, 0.15) is 50.1 Å². The molecule has 2 aliphatic rings. The highest BCUT2D eigenvalue weighted by molar-refractivity contribution is 6.00. The van der Waals surface area contributed by atoms with E-state index in [0.29, 0.717) is 17.2 Å². The fourth-order valence-corrected chi connectivity index (χ4v) is 3.66. The Morgan fingerprint density at radius 2 is 1.82 bits per heavy atom. The Balaban J connectivity index is 1.44. The van der Waals surface area contributed by atoms with Crippen LogP contribution >= 0.6 is 0 Å². The minimum absolute atomic E-state index is 0.102. The first kappa shape index (κ1) is 18.4. The molecule has 1 atom stereocenters. The quantitative estimate of drug-likeness (QED) is 0.820. The topological polar surface area (TPSA) is 89.8 Å². The maximum absolute atomic E-state index is 12.8. The molecule has 7 heteroatoms. The molecule has 1 aliphatic heterocycles. The van der Waals surface area contributed by atoms with E-state index in [0.717, 1.165) is 25.7 Å². The Kier molecular flexibility index (Phi) is 4.75. The summed E-state index contributed by atoms with van der Waals surface area (Å²) in [7, 11) is 0. The average molecular weight is 384 g/mol. The molecule has 0 unspecified atom stereocenters. The molecule has 1 spiro atoms. The molecule has 4 rings (SSSR count). The molecule has 2 N–H and O–H groups in total. The molecule has 7 nitrogen and oxygen atoms in total. The zero-order valence-corrected chi connectivity index (χ0v) is 16.0. The van der Waals surface area contributed by atoms with Crippen LogP contribution in [0, 0.1) is 5.92 Å². The second kappa shape index (κ2) is 7.22. The van der Waals surface area contributed by atoms with Crippen molar-refractivity contribution in [2.75, 3.05) is 5.32 Å². The van der Waals surface area contributed by atoms with E-state index >= 15 is 0 Å². The molecule has 1 saturated carbocycles. The van der Waals surface area contributed by atoms with Gasteiger partial charge in [0.15, 0.2) is 17.3 Å². The summed E-state index contributed by atoms with van der Waals surface area (Å²) in [5, 5.41) is 5.59. The number of anilines is 1. The number of hydrogen-bond acceptors (Lipinski definition) is 5. The molecule has 1 aromatic heterocycles. The lowest BCUT2D eigenvalue weighted by Gasteiger charge is -2.21. The Bertz CT molecular complexity index is 869.